The molecule has 0 aliphatic heterocycles. The molecule has 0 fully saturated rings. The molecular weight excluding hydrogens is 356 g/mol. The van der Waals surface area contributed by atoms with Gasteiger partial charge in [-0.25, -0.2) is 4.98 Å². The van der Waals surface area contributed by atoms with Crippen molar-refractivity contribution in [2.75, 3.05) is 25.6 Å². The lowest BCUT2D eigenvalue weighted by Gasteiger charge is -2.14. The van der Waals surface area contributed by atoms with Crippen molar-refractivity contribution in [3.8, 4) is 28.7 Å². The van der Waals surface area contributed by atoms with E-state index >= 15 is 0 Å². The number of nitrogens with two attached hydrogens (primary N) is 1. The number of carbonyl (C=O) groups excluding carboxylic acids is 1. The lowest BCUT2D eigenvalue weighted by atomic mass is 9.96. The van der Waals surface area contributed by atoms with Crippen molar-refractivity contribution in [1.29, 1.82) is 5.26 Å². The lowest BCUT2D eigenvalue weighted by Crippen LogP contribution is -2.08. The predicted molar refractivity (Wildman–Crippen MR) is 98.4 cm³/mol. The van der Waals surface area contributed by atoms with Crippen molar-refractivity contribution < 1.29 is 19.7 Å². The topological polar surface area (TPSA) is 142 Å². The predicted octanol–water partition coefficient (Wildman–Crippen LogP) is 1.93. The molecule has 0 saturated heterocycles. The zero-order chi connectivity index (χ0) is 19.3. The molecule has 2 rings (SSSR count). The van der Waals surface area contributed by atoms with Gasteiger partial charge < -0.3 is 20.7 Å². The first kappa shape index (κ1) is 19.1. The monoisotopic (exact) mass is 372 g/mol. The van der Waals surface area contributed by atoms with Crippen molar-refractivity contribution in [1.82, 2.24) is 4.98 Å². The largest absolute Gasteiger partial charge is 0.504 e. The van der Waals surface area contributed by atoms with Gasteiger partial charge in [-0.3, -0.25) is 9.79 Å². The number of aromatic nitrogens is 1. The fraction of sp³-hybridized carbons (Fsp3) is 0.176. The fourth-order valence-electron chi connectivity index (χ4n) is 2.23. The minimum atomic E-state index is -0.470. The number of ether oxygens (including phenoxy) is 1. The van der Waals surface area contributed by atoms with Gasteiger partial charge in [-0.1, -0.05) is 17.8 Å². The number of nitrogens with zero attached hydrogens (tertiary/aromatic N) is 3. The molecule has 0 aliphatic rings. The Morgan fingerprint density at radius 2 is 2.19 bits per heavy atom. The van der Waals surface area contributed by atoms with Crippen molar-refractivity contribution in [3.63, 3.8) is 0 Å². The van der Waals surface area contributed by atoms with Crippen LogP contribution in [0.15, 0.2) is 28.2 Å². The number of esters is 1. The van der Waals surface area contributed by atoms with Crippen LogP contribution in [-0.4, -0.2) is 47.3 Å². The normalized spacial score (nSPS) is 10.7. The maximum Gasteiger partial charge on any atom is 0.316 e. The summed E-state index contributed by atoms with van der Waals surface area (Å²) in [5.74, 6) is -1.03. The van der Waals surface area contributed by atoms with Gasteiger partial charge in [0.05, 0.1) is 18.4 Å². The van der Waals surface area contributed by atoms with E-state index in [0.29, 0.717) is 16.7 Å². The quantitative estimate of drug-likeness (QED) is 0.313. The minimum Gasteiger partial charge on any atom is -0.504 e. The summed E-state index contributed by atoms with van der Waals surface area (Å²) in [5, 5.41) is 29.3. The molecule has 1 aromatic carbocycles. The molecule has 1 aromatic heterocycles. The second kappa shape index (κ2) is 8.22. The zero-order valence-corrected chi connectivity index (χ0v) is 14.9. The number of carbonyl (C=O) groups is 1. The number of nitrogen functional groups attached to an aromatic ring is 1. The molecule has 134 valence electrons. The molecule has 1 heterocycles. The summed E-state index contributed by atoms with van der Waals surface area (Å²) >= 11 is 1.02. The molecule has 0 amide bonds. The Balaban J connectivity index is 2.72. The number of rotatable bonds is 5. The number of methoxy groups -OCH3 is 1. The van der Waals surface area contributed by atoms with E-state index in [1.165, 1.54) is 31.5 Å². The molecule has 0 radical (unpaired) electrons. The summed E-state index contributed by atoms with van der Waals surface area (Å²) in [6, 6.07) is 6.22. The third kappa shape index (κ3) is 3.87. The number of phenols is 2. The molecule has 9 heteroatoms. The number of aromatic hydroxyl groups is 2. The molecule has 2 aromatic rings. The number of benzene rings is 1. The zero-order valence-electron chi connectivity index (χ0n) is 14.1. The highest BCUT2D eigenvalue weighted by atomic mass is 32.2. The van der Waals surface area contributed by atoms with Gasteiger partial charge in [-0.2, -0.15) is 5.26 Å². The number of anilines is 1. The van der Waals surface area contributed by atoms with Crippen molar-refractivity contribution >= 4 is 29.8 Å². The average molecular weight is 372 g/mol. The van der Waals surface area contributed by atoms with Crippen LogP contribution in [0.2, 0.25) is 0 Å². The number of nitriles is 1. The van der Waals surface area contributed by atoms with Gasteiger partial charge in [0.2, 0.25) is 0 Å². The first-order chi connectivity index (χ1) is 12.4. The summed E-state index contributed by atoms with van der Waals surface area (Å²) in [4.78, 5) is 19.5. The van der Waals surface area contributed by atoms with Crippen LogP contribution < -0.4 is 5.73 Å². The van der Waals surface area contributed by atoms with Crippen molar-refractivity contribution in [2.24, 2.45) is 4.99 Å². The van der Waals surface area contributed by atoms with Crippen LogP contribution in [0.25, 0.3) is 11.1 Å². The van der Waals surface area contributed by atoms with Crippen LogP contribution >= 0.6 is 11.8 Å². The summed E-state index contributed by atoms with van der Waals surface area (Å²) in [7, 11) is 2.81. The van der Waals surface area contributed by atoms with Gasteiger partial charge >= 0.3 is 5.97 Å². The Morgan fingerprint density at radius 3 is 2.77 bits per heavy atom. The molecule has 0 bridgehead atoms. The van der Waals surface area contributed by atoms with Gasteiger partial charge in [0.25, 0.3) is 0 Å². The van der Waals surface area contributed by atoms with Gasteiger partial charge in [0.1, 0.15) is 16.9 Å². The molecule has 0 saturated carbocycles. The van der Waals surface area contributed by atoms with Crippen LogP contribution in [0.4, 0.5) is 5.82 Å². The Kier molecular flexibility index (Phi) is 6.03. The Morgan fingerprint density at radius 1 is 1.46 bits per heavy atom. The SMILES string of the molecule is CN=Cc1c(N)nc(SCC(=O)OC)c(C#N)c1-c1ccc(O)c(O)c1. The average Bonchev–Trinajstić information content (AvgIpc) is 2.63. The standard InChI is InChI=1S/C17H16N4O4S/c1-20-7-11-15(9-3-4-12(22)13(23)5-9)10(6-18)17(21-16(11)19)26-8-14(24)25-2/h3-5,7,22-23H,8H2,1-2H3,(H2,19,21). The summed E-state index contributed by atoms with van der Waals surface area (Å²) in [6.45, 7) is 0. The Bertz CT molecular complexity index is 922. The number of pyridine rings is 1. The maximum absolute atomic E-state index is 11.4. The number of hydrogen-bond acceptors (Lipinski definition) is 9. The highest BCUT2D eigenvalue weighted by Crippen LogP contribution is 2.38. The second-order valence-corrected chi connectivity index (χ2v) is 6.00. The first-order valence-corrected chi connectivity index (χ1v) is 8.29. The highest BCUT2D eigenvalue weighted by molar-refractivity contribution is 7.99. The molecule has 0 aliphatic carbocycles. The van der Waals surface area contributed by atoms with Gasteiger partial charge in [-0.15, -0.1) is 0 Å². The molecule has 8 nitrogen and oxygen atoms in total. The van der Waals surface area contributed by atoms with E-state index < -0.39 is 5.97 Å². The van der Waals surface area contributed by atoms with E-state index in [4.69, 9.17) is 5.73 Å². The van der Waals surface area contributed by atoms with Gasteiger partial charge in [0, 0.05) is 24.4 Å². The molecule has 0 spiro atoms. The van der Waals surface area contributed by atoms with Crippen LogP contribution in [0, 0.1) is 11.3 Å². The minimum absolute atomic E-state index is 0.0426. The van der Waals surface area contributed by atoms with Gasteiger partial charge in [0.15, 0.2) is 11.5 Å². The van der Waals surface area contributed by atoms with E-state index in [2.05, 4.69) is 20.8 Å². The number of thioether (sulfide) groups is 1. The molecular formula is C17H16N4O4S. The number of hydrogen-bond donors (Lipinski definition) is 3. The van der Waals surface area contributed by atoms with Gasteiger partial charge in [-0.05, 0) is 17.7 Å². The number of aliphatic imine (C=N–C) groups is 1. The van der Waals surface area contributed by atoms with Crippen LogP contribution in [0.5, 0.6) is 11.5 Å². The van der Waals surface area contributed by atoms with E-state index in [1.54, 1.807) is 7.05 Å². The third-order valence-corrected chi connectivity index (χ3v) is 4.37. The maximum atomic E-state index is 11.4. The van der Waals surface area contributed by atoms with Crippen LogP contribution in [0.1, 0.15) is 11.1 Å². The van der Waals surface area contributed by atoms with E-state index in [0.717, 1.165) is 11.8 Å². The highest BCUT2D eigenvalue weighted by Gasteiger charge is 2.21. The van der Waals surface area contributed by atoms with E-state index in [9.17, 15) is 20.3 Å². The Hall–Kier alpha value is -3.25. The summed E-state index contributed by atoms with van der Waals surface area (Å²) in [5.41, 5.74) is 7.44. The van der Waals surface area contributed by atoms with Crippen molar-refractivity contribution in [3.05, 3.63) is 29.3 Å². The lowest BCUT2D eigenvalue weighted by molar-refractivity contribution is -0.137. The van der Waals surface area contributed by atoms with Crippen molar-refractivity contribution in [2.45, 2.75) is 5.03 Å². The fourth-order valence-corrected chi connectivity index (χ4v) is 3.06. The Labute approximate surface area is 154 Å². The smallest absolute Gasteiger partial charge is 0.316 e. The summed E-state index contributed by atoms with van der Waals surface area (Å²) in [6.07, 6.45) is 1.46. The van der Waals surface area contributed by atoms with Crippen LogP contribution in [0.3, 0.4) is 0 Å². The first-order valence-electron chi connectivity index (χ1n) is 7.30. The van der Waals surface area contributed by atoms with Crippen LogP contribution in [-0.2, 0) is 9.53 Å². The van der Waals surface area contributed by atoms with E-state index in [-0.39, 0.29) is 33.7 Å². The number of phenolic OH excluding ortho intramolecular Hbond substituents is 2. The third-order valence-electron chi connectivity index (χ3n) is 3.42. The summed E-state index contributed by atoms with van der Waals surface area (Å²) < 4.78 is 4.60. The molecule has 0 atom stereocenters. The molecule has 0 unspecified atom stereocenters. The molecule has 26 heavy (non-hydrogen) atoms. The second-order valence-electron chi connectivity index (χ2n) is 5.03. The van der Waals surface area contributed by atoms with E-state index in [1.807, 2.05) is 0 Å². The molecule has 4 N–H and O–H groups in total.